The maximum atomic E-state index is 13.3. The molecule has 4 rings (SSSR count). The minimum absolute atomic E-state index is 0.245. The van der Waals surface area contributed by atoms with E-state index in [-0.39, 0.29) is 11.7 Å². The summed E-state index contributed by atoms with van der Waals surface area (Å²) in [6, 6.07) is 10.00. The first-order valence-electron chi connectivity index (χ1n) is 9.51. The fourth-order valence-electron chi connectivity index (χ4n) is 3.41. The van der Waals surface area contributed by atoms with Crippen LogP contribution in [0.1, 0.15) is 28.9 Å². The summed E-state index contributed by atoms with van der Waals surface area (Å²) >= 11 is 1.42. The molecule has 0 unspecified atom stereocenters. The molecule has 0 atom stereocenters. The van der Waals surface area contributed by atoms with E-state index in [9.17, 15) is 9.18 Å². The fourth-order valence-corrected chi connectivity index (χ4v) is 3.95. The fraction of sp³-hybridized carbons (Fsp3) is 0.286. The molecule has 1 saturated heterocycles. The highest BCUT2D eigenvalue weighted by Crippen LogP contribution is 2.22. The second-order valence-electron chi connectivity index (χ2n) is 6.84. The van der Waals surface area contributed by atoms with Gasteiger partial charge in [0.2, 0.25) is 0 Å². The van der Waals surface area contributed by atoms with Crippen LogP contribution in [-0.4, -0.2) is 39.8 Å². The number of nitrogens with zero attached hydrogens (tertiary/aromatic N) is 4. The molecule has 8 heteroatoms. The van der Waals surface area contributed by atoms with Crippen LogP contribution >= 0.6 is 11.8 Å². The Bertz CT molecular complexity index is 981. The van der Waals surface area contributed by atoms with E-state index in [0.29, 0.717) is 23.1 Å². The minimum Gasteiger partial charge on any atom is -0.357 e. The number of pyridine rings is 1. The van der Waals surface area contributed by atoms with E-state index in [2.05, 4.69) is 20.2 Å². The van der Waals surface area contributed by atoms with Crippen LogP contribution in [0.4, 0.5) is 10.2 Å². The number of amides is 1. The van der Waals surface area contributed by atoms with Gasteiger partial charge in [0.15, 0.2) is 5.16 Å². The van der Waals surface area contributed by atoms with Gasteiger partial charge in [-0.3, -0.25) is 9.36 Å². The van der Waals surface area contributed by atoms with E-state index < -0.39 is 0 Å². The number of anilines is 1. The number of halogens is 1. The lowest BCUT2D eigenvalue weighted by Gasteiger charge is -2.16. The number of imidazole rings is 1. The van der Waals surface area contributed by atoms with Crippen LogP contribution < -0.4 is 10.2 Å². The molecule has 0 radical (unpaired) electrons. The van der Waals surface area contributed by atoms with Crippen LogP contribution in [0.5, 0.6) is 0 Å². The van der Waals surface area contributed by atoms with Crippen LogP contribution in [0.25, 0.3) is 5.69 Å². The predicted octanol–water partition coefficient (Wildman–Crippen LogP) is 3.66. The number of aromatic nitrogens is 3. The van der Waals surface area contributed by atoms with Crippen LogP contribution in [0, 0.1) is 5.82 Å². The summed E-state index contributed by atoms with van der Waals surface area (Å²) in [4.78, 5) is 23.9. The van der Waals surface area contributed by atoms with Gasteiger partial charge in [-0.25, -0.2) is 14.4 Å². The van der Waals surface area contributed by atoms with Crippen molar-refractivity contribution in [3.8, 4) is 5.69 Å². The SMILES string of the molecule is CSc1ncc(C(=O)NCc2ccc(N3CCCC3)nc2)n1-c1ccc(F)cc1. The van der Waals surface area contributed by atoms with Gasteiger partial charge in [0.1, 0.15) is 17.3 Å². The zero-order valence-corrected chi connectivity index (χ0v) is 17.0. The first-order chi connectivity index (χ1) is 14.2. The molecule has 29 heavy (non-hydrogen) atoms. The number of hydrogen-bond donors (Lipinski definition) is 1. The Morgan fingerprint density at radius 3 is 2.52 bits per heavy atom. The Labute approximate surface area is 173 Å². The molecular formula is C21H22FN5OS. The van der Waals surface area contributed by atoms with Crippen molar-refractivity contribution in [1.29, 1.82) is 0 Å². The number of benzene rings is 1. The Hall–Kier alpha value is -2.87. The molecule has 3 heterocycles. The third kappa shape index (κ3) is 4.27. The Morgan fingerprint density at radius 2 is 1.86 bits per heavy atom. The number of carbonyl (C=O) groups excluding carboxylic acids is 1. The van der Waals surface area contributed by atoms with Crippen molar-refractivity contribution in [1.82, 2.24) is 19.9 Å². The van der Waals surface area contributed by atoms with Gasteiger partial charge in [-0.05, 0) is 55.0 Å². The molecular weight excluding hydrogens is 389 g/mol. The van der Waals surface area contributed by atoms with Crippen molar-refractivity contribution < 1.29 is 9.18 Å². The summed E-state index contributed by atoms with van der Waals surface area (Å²) in [7, 11) is 0. The third-order valence-electron chi connectivity index (χ3n) is 4.92. The quantitative estimate of drug-likeness (QED) is 0.627. The van der Waals surface area contributed by atoms with Crippen LogP contribution in [0.3, 0.4) is 0 Å². The standard InChI is InChI=1S/C21H22FN5OS/c1-29-21-25-14-18(27(21)17-7-5-16(22)6-8-17)20(28)24-13-15-4-9-19(23-12-15)26-10-2-3-11-26/h4-9,12,14H,2-3,10-11,13H2,1H3,(H,24,28). The molecule has 2 aromatic heterocycles. The predicted molar refractivity (Wildman–Crippen MR) is 112 cm³/mol. The number of thioether (sulfide) groups is 1. The van der Waals surface area contributed by atoms with E-state index in [1.54, 1.807) is 29.1 Å². The summed E-state index contributed by atoms with van der Waals surface area (Å²) < 4.78 is 15.0. The van der Waals surface area contributed by atoms with E-state index in [1.165, 1.54) is 36.7 Å². The number of carbonyl (C=O) groups is 1. The molecule has 0 bridgehead atoms. The van der Waals surface area contributed by atoms with Crippen molar-refractivity contribution in [3.63, 3.8) is 0 Å². The van der Waals surface area contributed by atoms with E-state index in [1.807, 2.05) is 18.4 Å². The molecule has 1 aliphatic rings. The van der Waals surface area contributed by atoms with E-state index >= 15 is 0 Å². The Balaban J connectivity index is 1.47. The summed E-state index contributed by atoms with van der Waals surface area (Å²) in [6.45, 7) is 2.47. The van der Waals surface area contributed by atoms with Gasteiger partial charge >= 0.3 is 0 Å². The molecule has 1 N–H and O–H groups in total. The lowest BCUT2D eigenvalue weighted by molar-refractivity contribution is 0.0943. The van der Waals surface area contributed by atoms with Gasteiger partial charge in [-0.15, -0.1) is 0 Å². The molecule has 1 fully saturated rings. The highest BCUT2D eigenvalue weighted by atomic mass is 32.2. The zero-order chi connectivity index (χ0) is 20.2. The zero-order valence-electron chi connectivity index (χ0n) is 16.1. The van der Waals surface area contributed by atoms with Crippen molar-refractivity contribution in [2.45, 2.75) is 24.5 Å². The molecule has 1 amide bonds. The Kier molecular flexibility index (Phi) is 5.80. The van der Waals surface area contributed by atoms with Gasteiger partial charge in [0, 0.05) is 31.5 Å². The number of nitrogens with one attached hydrogen (secondary N) is 1. The van der Waals surface area contributed by atoms with E-state index in [0.717, 1.165) is 24.5 Å². The van der Waals surface area contributed by atoms with Gasteiger partial charge in [0.05, 0.1) is 6.20 Å². The summed E-state index contributed by atoms with van der Waals surface area (Å²) in [5.74, 6) is 0.415. The van der Waals surface area contributed by atoms with Crippen LogP contribution in [0.2, 0.25) is 0 Å². The molecule has 0 saturated carbocycles. The summed E-state index contributed by atoms with van der Waals surface area (Å²) in [5.41, 5.74) is 2.02. The molecule has 0 spiro atoms. The minimum atomic E-state index is -0.324. The lowest BCUT2D eigenvalue weighted by atomic mass is 10.2. The summed E-state index contributed by atoms with van der Waals surface area (Å²) in [6.07, 6.45) is 7.65. The van der Waals surface area contributed by atoms with E-state index in [4.69, 9.17) is 0 Å². The lowest BCUT2D eigenvalue weighted by Crippen LogP contribution is -2.25. The monoisotopic (exact) mass is 411 g/mol. The van der Waals surface area contributed by atoms with Crippen molar-refractivity contribution >= 4 is 23.5 Å². The normalized spacial score (nSPS) is 13.7. The van der Waals surface area contributed by atoms with Crippen molar-refractivity contribution in [3.05, 3.63) is 65.9 Å². The maximum Gasteiger partial charge on any atom is 0.270 e. The first kappa shape index (κ1) is 19.4. The molecule has 0 aliphatic carbocycles. The van der Waals surface area contributed by atoms with Crippen LogP contribution in [0.15, 0.2) is 53.9 Å². The van der Waals surface area contributed by atoms with Gasteiger partial charge in [-0.2, -0.15) is 0 Å². The number of rotatable bonds is 6. The third-order valence-corrected chi connectivity index (χ3v) is 5.57. The van der Waals surface area contributed by atoms with Crippen LogP contribution in [-0.2, 0) is 6.54 Å². The highest BCUT2D eigenvalue weighted by molar-refractivity contribution is 7.98. The second kappa shape index (κ2) is 8.65. The van der Waals surface area contributed by atoms with Gasteiger partial charge in [0.25, 0.3) is 5.91 Å². The van der Waals surface area contributed by atoms with Crippen molar-refractivity contribution in [2.24, 2.45) is 0 Å². The van der Waals surface area contributed by atoms with Gasteiger partial charge < -0.3 is 10.2 Å². The Morgan fingerprint density at radius 1 is 1.10 bits per heavy atom. The molecule has 150 valence electrons. The smallest absolute Gasteiger partial charge is 0.270 e. The van der Waals surface area contributed by atoms with Crippen molar-refractivity contribution in [2.75, 3.05) is 24.2 Å². The second-order valence-corrected chi connectivity index (χ2v) is 7.62. The average Bonchev–Trinajstić information content (AvgIpc) is 3.43. The molecule has 3 aromatic rings. The first-order valence-corrected chi connectivity index (χ1v) is 10.7. The topological polar surface area (TPSA) is 63.1 Å². The molecule has 6 nitrogen and oxygen atoms in total. The summed E-state index contributed by atoms with van der Waals surface area (Å²) in [5, 5.41) is 3.59. The molecule has 1 aromatic carbocycles. The number of hydrogen-bond acceptors (Lipinski definition) is 5. The largest absolute Gasteiger partial charge is 0.357 e. The average molecular weight is 412 g/mol. The maximum absolute atomic E-state index is 13.3. The van der Waals surface area contributed by atoms with Gasteiger partial charge in [-0.1, -0.05) is 17.8 Å². The highest BCUT2D eigenvalue weighted by Gasteiger charge is 2.18. The molecule has 1 aliphatic heterocycles.